The Kier molecular flexibility index (Phi) is 2.29. The Morgan fingerprint density at radius 2 is 2.36 bits per heavy atom. The molecule has 74 valence electrons. The van der Waals surface area contributed by atoms with Gasteiger partial charge >= 0.3 is 0 Å². The van der Waals surface area contributed by atoms with Crippen molar-refractivity contribution >= 4 is 17.6 Å². The molecule has 5 heteroatoms. The first-order chi connectivity index (χ1) is 6.66. The van der Waals surface area contributed by atoms with Crippen molar-refractivity contribution < 1.29 is 9.13 Å². The van der Waals surface area contributed by atoms with Gasteiger partial charge in [-0.15, -0.1) is 0 Å². The normalized spacial score (nSPS) is 20.4. The van der Waals surface area contributed by atoms with Gasteiger partial charge in [-0.3, -0.25) is 0 Å². The zero-order valence-electron chi connectivity index (χ0n) is 7.21. The number of hydrogen-bond acceptors (Lipinski definition) is 3. The molecule has 1 aromatic carbocycles. The van der Waals surface area contributed by atoms with Gasteiger partial charge in [0.05, 0.1) is 0 Å². The topological polar surface area (TPSA) is 47.6 Å². The zero-order valence-corrected chi connectivity index (χ0v) is 7.96. The fourth-order valence-electron chi connectivity index (χ4n) is 1.32. The summed E-state index contributed by atoms with van der Waals surface area (Å²) in [6, 6.07) is 4.11. The van der Waals surface area contributed by atoms with Crippen LogP contribution in [0.15, 0.2) is 23.2 Å². The summed E-state index contributed by atoms with van der Waals surface area (Å²) >= 11 is 5.85. The van der Waals surface area contributed by atoms with Gasteiger partial charge < -0.3 is 10.5 Å². The quantitative estimate of drug-likeness (QED) is 0.776. The standard InChI is InChI=1S/C9H8ClFN2O/c10-7-3-5(11)1-2-6(7)8-4-14-9(12)13-8/h1-3,8H,4H2,(H2,12,13). The molecule has 0 spiro atoms. The van der Waals surface area contributed by atoms with Crippen LogP contribution in [0.25, 0.3) is 0 Å². The summed E-state index contributed by atoms with van der Waals surface area (Å²) in [5.41, 5.74) is 6.08. The molecule has 1 aliphatic rings. The van der Waals surface area contributed by atoms with E-state index in [0.717, 1.165) is 5.56 Å². The lowest BCUT2D eigenvalue weighted by Gasteiger charge is -2.07. The highest BCUT2D eigenvalue weighted by atomic mass is 35.5. The minimum absolute atomic E-state index is 0.149. The molecule has 1 aliphatic heterocycles. The number of benzene rings is 1. The number of nitrogens with zero attached hydrogens (tertiary/aromatic N) is 1. The third kappa shape index (κ3) is 1.65. The minimum atomic E-state index is -0.366. The van der Waals surface area contributed by atoms with Gasteiger partial charge in [-0.1, -0.05) is 17.7 Å². The molecule has 1 heterocycles. The molecule has 0 aromatic heterocycles. The molecular weight excluding hydrogens is 207 g/mol. The second-order valence-corrected chi connectivity index (χ2v) is 3.37. The van der Waals surface area contributed by atoms with Crippen LogP contribution in [0.5, 0.6) is 0 Å². The Morgan fingerprint density at radius 3 is 2.93 bits per heavy atom. The Bertz CT molecular complexity index is 394. The van der Waals surface area contributed by atoms with Crippen molar-refractivity contribution in [3.8, 4) is 0 Å². The van der Waals surface area contributed by atoms with Gasteiger partial charge in [-0.05, 0) is 17.7 Å². The minimum Gasteiger partial charge on any atom is -0.463 e. The van der Waals surface area contributed by atoms with Crippen LogP contribution in [0.4, 0.5) is 4.39 Å². The predicted octanol–water partition coefficient (Wildman–Crippen LogP) is 1.87. The number of amidine groups is 1. The monoisotopic (exact) mass is 214 g/mol. The SMILES string of the molecule is NC1=NC(c2ccc(F)cc2Cl)CO1. The van der Waals surface area contributed by atoms with Crippen LogP contribution in [0.3, 0.4) is 0 Å². The summed E-state index contributed by atoms with van der Waals surface area (Å²) in [6.45, 7) is 0.358. The van der Waals surface area contributed by atoms with Gasteiger partial charge in [0.25, 0.3) is 6.02 Å². The maximum absolute atomic E-state index is 12.7. The zero-order chi connectivity index (χ0) is 10.1. The van der Waals surface area contributed by atoms with E-state index in [-0.39, 0.29) is 17.9 Å². The second kappa shape index (κ2) is 3.46. The number of aliphatic imine (C=N–C) groups is 1. The van der Waals surface area contributed by atoms with Gasteiger partial charge in [0.2, 0.25) is 0 Å². The van der Waals surface area contributed by atoms with E-state index in [1.165, 1.54) is 12.1 Å². The van der Waals surface area contributed by atoms with Gasteiger partial charge in [0.1, 0.15) is 18.5 Å². The third-order valence-corrected chi connectivity index (χ3v) is 2.32. The molecule has 0 amide bonds. The number of nitrogens with two attached hydrogens (primary N) is 1. The summed E-state index contributed by atoms with van der Waals surface area (Å²) in [5.74, 6) is -0.366. The summed E-state index contributed by atoms with van der Waals surface area (Å²) < 4.78 is 17.7. The molecule has 0 fully saturated rings. The lowest BCUT2D eigenvalue weighted by molar-refractivity contribution is 0.315. The van der Waals surface area contributed by atoms with Crippen LogP contribution in [0.2, 0.25) is 5.02 Å². The van der Waals surface area contributed by atoms with E-state index in [1.807, 2.05) is 0 Å². The first kappa shape index (κ1) is 9.27. The van der Waals surface area contributed by atoms with Crippen molar-refractivity contribution in [2.24, 2.45) is 10.7 Å². The van der Waals surface area contributed by atoms with E-state index in [0.29, 0.717) is 11.6 Å². The van der Waals surface area contributed by atoms with Crippen molar-refractivity contribution in [3.63, 3.8) is 0 Å². The lowest BCUT2D eigenvalue weighted by atomic mass is 10.1. The molecule has 0 saturated heterocycles. The van der Waals surface area contributed by atoms with Gasteiger partial charge in [0, 0.05) is 5.02 Å². The van der Waals surface area contributed by atoms with E-state index in [4.69, 9.17) is 22.1 Å². The van der Waals surface area contributed by atoms with Crippen LogP contribution in [-0.4, -0.2) is 12.6 Å². The summed E-state index contributed by atoms with van der Waals surface area (Å²) in [4.78, 5) is 4.01. The van der Waals surface area contributed by atoms with E-state index in [2.05, 4.69) is 4.99 Å². The van der Waals surface area contributed by atoms with Crippen LogP contribution < -0.4 is 5.73 Å². The van der Waals surface area contributed by atoms with Gasteiger partial charge in [0.15, 0.2) is 0 Å². The number of halogens is 2. The highest BCUT2D eigenvalue weighted by Gasteiger charge is 2.21. The van der Waals surface area contributed by atoms with Crippen LogP contribution >= 0.6 is 11.6 Å². The van der Waals surface area contributed by atoms with Crippen LogP contribution in [0, 0.1) is 5.82 Å². The van der Waals surface area contributed by atoms with Crippen LogP contribution in [0.1, 0.15) is 11.6 Å². The van der Waals surface area contributed by atoms with Crippen molar-refractivity contribution in [1.29, 1.82) is 0 Å². The average Bonchev–Trinajstić information content (AvgIpc) is 2.51. The van der Waals surface area contributed by atoms with E-state index < -0.39 is 0 Å². The highest BCUT2D eigenvalue weighted by molar-refractivity contribution is 6.31. The van der Waals surface area contributed by atoms with Crippen molar-refractivity contribution in [2.45, 2.75) is 6.04 Å². The Balaban J connectivity index is 2.33. The molecule has 0 aliphatic carbocycles. The maximum atomic E-state index is 12.7. The first-order valence-electron chi connectivity index (χ1n) is 4.08. The summed E-state index contributed by atoms with van der Waals surface area (Å²) in [6.07, 6.45) is 0. The molecule has 14 heavy (non-hydrogen) atoms. The molecule has 2 rings (SSSR count). The fraction of sp³-hybridized carbons (Fsp3) is 0.222. The van der Waals surface area contributed by atoms with Crippen LogP contribution in [-0.2, 0) is 4.74 Å². The van der Waals surface area contributed by atoms with Crippen molar-refractivity contribution in [3.05, 3.63) is 34.6 Å². The third-order valence-electron chi connectivity index (χ3n) is 1.99. The number of rotatable bonds is 1. The predicted molar refractivity (Wildman–Crippen MR) is 51.7 cm³/mol. The summed E-state index contributed by atoms with van der Waals surface area (Å²) in [5, 5.41) is 0.344. The van der Waals surface area contributed by atoms with E-state index in [9.17, 15) is 4.39 Å². The van der Waals surface area contributed by atoms with Gasteiger partial charge in [-0.25, -0.2) is 9.38 Å². The molecule has 1 atom stereocenters. The Hall–Kier alpha value is -1.29. The summed E-state index contributed by atoms with van der Waals surface area (Å²) in [7, 11) is 0. The number of ether oxygens (including phenoxy) is 1. The first-order valence-corrected chi connectivity index (χ1v) is 4.45. The van der Waals surface area contributed by atoms with Crippen molar-refractivity contribution in [1.82, 2.24) is 0 Å². The molecule has 0 radical (unpaired) electrons. The molecule has 1 unspecified atom stereocenters. The van der Waals surface area contributed by atoms with Crippen molar-refractivity contribution in [2.75, 3.05) is 6.61 Å². The Morgan fingerprint density at radius 1 is 1.57 bits per heavy atom. The smallest absolute Gasteiger partial charge is 0.282 e. The van der Waals surface area contributed by atoms with Gasteiger partial charge in [-0.2, -0.15) is 0 Å². The molecule has 0 bridgehead atoms. The molecule has 0 saturated carbocycles. The Labute approximate surface area is 85.3 Å². The highest BCUT2D eigenvalue weighted by Crippen LogP contribution is 2.28. The second-order valence-electron chi connectivity index (χ2n) is 2.96. The molecule has 1 aromatic rings. The largest absolute Gasteiger partial charge is 0.463 e. The fourth-order valence-corrected chi connectivity index (χ4v) is 1.62. The molecular formula is C9H8ClFN2O. The molecule has 2 N–H and O–H groups in total. The van der Waals surface area contributed by atoms with E-state index in [1.54, 1.807) is 6.07 Å². The lowest BCUT2D eigenvalue weighted by Crippen LogP contribution is -2.10. The molecule has 3 nitrogen and oxygen atoms in total. The van der Waals surface area contributed by atoms with E-state index >= 15 is 0 Å². The average molecular weight is 215 g/mol. The maximum Gasteiger partial charge on any atom is 0.282 e. The number of hydrogen-bond donors (Lipinski definition) is 1.